The molecule has 0 spiro atoms. The molecule has 0 saturated heterocycles. The fraction of sp³-hybridized carbons (Fsp3) is 0.410. The molecule has 2 aromatic heterocycles. The topological polar surface area (TPSA) is 17.0 Å². The smallest absolute Gasteiger partial charge is 0.216 e. The molecule has 0 N–H and O–H groups in total. The number of furan rings is 1. The molecule has 3 aromatic carbocycles. The predicted octanol–water partition coefficient (Wildman–Crippen LogP) is 10.5. The molecule has 3 unspecified atom stereocenters. The van der Waals surface area contributed by atoms with Crippen molar-refractivity contribution in [3.63, 3.8) is 0 Å². The van der Waals surface area contributed by atoms with Crippen LogP contribution in [0.4, 0.5) is 4.39 Å². The van der Waals surface area contributed by atoms with E-state index in [1.165, 1.54) is 56.1 Å². The lowest BCUT2D eigenvalue weighted by Crippen LogP contribution is -2.31. The molecule has 3 atom stereocenters. The zero-order valence-corrected chi connectivity index (χ0v) is 25.6. The third-order valence-electron chi connectivity index (χ3n) is 10.3. The van der Waals surface area contributed by atoms with Crippen molar-refractivity contribution < 1.29 is 13.4 Å². The molecule has 2 saturated carbocycles. The van der Waals surface area contributed by atoms with Gasteiger partial charge in [0, 0.05) is 22.9 Å². The lowest BCUT2D eigenvalue weighted by atomic mass is 9.66. The van der Waals surface area contributed by atoms with Crippen LogP contribution in [0.1, 0.15) is 81.4 Å². The van der Waals surface area contributed by atoms with Crippen molar-refractivity contribution in [3.05, 3.63) is 89.4 Å². The number of pyridine rings is 1. The van der Waals surface area contributed by atoms with E-state index in [9.17, 15) is 0 Å². The first-order valence-corrected chi connectivity index (χ1v) is 16.1. The van der Waals surface area contributed by atoms with Crippen LogP contribution in [0.2, 0.25) is 0 Å². The van der Waals surface area contributed by atoms with E-state index in [-0.39, 0.29) is 5.82 Å². The number of aryl methyl sites for hydroxylation is 2. The number of nitrogens with zero attached hydrogens (tertiary/aromatic N) is 1. The van der Waals surface area contributed by atoms with Crippen molar-refractivity contribution in [1.29, 1.82) is 0 Å². The van der Waals surface area contributed by atoms with Gasteiger partial charge in [-0.1, -0.05) is 75.9 Å². The first-order valence-electron chi connectivity index (χ1n) is 16.1. The summed E-state index contributed by atoms with van der Waals surface area (Å²) in [6.45, 7) is 6.64. The summed E-state index contributed by atoms with van der Waals surface area (Å²) in [4.78, 5) is 0. The van der Waals surface area contributed by atoms with E-state index >= 15 is 4.39 Å². The average Bonchev–Trinajstić information content (AvgIpc) is 3.36. The molecule has 7 rings (SSSR count). The maximum absolute atomic E-state index is 15.7. The Bertz CT molecular complexity index is 1760. The highest BCUT2D eigenvalue weighted by atomic mass is 19.1. The molecule has 2 aliphatic rings. The number of hydrogen-bond acceptors (Lipinski definition) is 1. The van der Waals surface area contributed by atoms with Gasteiger partial charge in [0.1, 0.15) is 24.0 Å². The molecule has 0 aliphatic heterocycles. The average molecular weight is 561 g/mol. The minimum Gasteiger partial charge on any atom is -0.454 e. The Morgan fingerprint density at radius 3 is 2.31 bits per heavy atom. The first kappa shape index (κ1) is 27.4. The largest absolute Gasteiger partial charge is 0.454 e. The molecule has 2 fully saturated rings. The second kappa shape index (κ2) is 11.0. The Kier molecular flexibility index (Phi) is 7.16. The Morgan fingerprint density at radius 2 is 1.55 bits per heavy atom. The van der Waals surface area contributed by atoms with E-state index in [0.717, 1.165) is 57.0 Å². The van der Waals surface area contributed by atoms with E-state index < -0.39 is 0 Å². The summed E-state index contributed by atoms with van der Waals surface area (Å²) in [7, 11) is 2.09. The van der Waals surface area contributed by atoms with Gasteiger partial charge in [0.2, 0.25) is 5.69 Å². The molecule has 5 aromatic rings. The molecular formula is C39H43FNO+. The zero-order valence-electron chi connectivity index (χ0n) is 25.6. The standard InChI is InChI=1S/C39H43FNO/c1-24(2)21-26-19-20-41(4)35(22-26)36-25(3)9-16-32-33-17-18-34(40)37(39(33)42-38(32)36)29-13-10-28(11-14-29)31-15-12-27-7-5-6-8-30(27)23-31/h9-11,13-14,16-20,22,24,27,30-31H,5-8,12,15,21,23H2,1-4H3/q+1. The van der Waals surface area contributed by atoms with Crippen LogP contribution in [0.15, 0.2) is 71.3 Å². The number of benzene rings is 3. The summed E-state index contributed by atoms with van der Waals surface area (Å²) < 4.78 is 24.5. The van der Waals surface area contributed by atoms with Gasteiger partial charge in [-0.2, -0.15) is 0 Å². The summed E-state index contributed by atoms with van der Waals surface area (Å²) >= 11 is 0. The van der Waals surface area contributed by atoms with E-state index in [4.69, 9.17) is 4.42 Å². The van der Waals surface area contributed by atoms with Crippen molar-refractivity contribution in [2.75, 3.05) is 0 Å². The Balaban J connectivity index is 1.30. The van der Waals surface area contributed by atoms with Gasteiger partial charge in [-0.3, -0.25) is 0 Å². The van der Waals surface area contributed by atoms with Crippen molar-refractivity contribution >= 4 is 21.9 Å². The Hall–Kier alpha value is -3.46. The van der Waals surface area contributed by atoms with Crippen molar-refractivity contribution in [3.8, 4) is 22.4 Å². The molecule has 0 radical (unpaired) electrons. The van der Waals surface area contributed by atoms with Gasteiger partial charge in [0.15, 0.2) is 6.20 Å². The number of hydrogen-bond donors (Lipinski definition) is 0. The monoisotopic (exact) mass is 560 g/mol. The molecule has 0 amide bonds. The van der Waals surface area contributed by atoms with Crippen LogP contribution in [-0.4, -0.2) is 0 Å². The number of fused-ring (bicyclic) bond motifs is 4. The van der Waals surface area contributed by atoms with Crippen LogP contribution in [0.25, 0.3) is 44.3 Å². The third kappa shape index (κ3) is 4.85. The normalized spacial score (nSPS) is 20.9. The minimum absolute atomic E-state index is 0.236. The molecular weight excluding hydrogens is 517 g/mol. The minimum atomic E-state index is -0.236. The summed E-state index contributed by atoms with van der Waals surface area (Å²) in [5.41, 5.74) is 8.98. The van der Waals surface area contributed by atoms with Gasteiger partial charge < -0.3 is 4.42 Å². The molecule has 2 heterocycles. The SMILES string of the molecule is Cc1ccc2c(oc3c(-c4ccc(C5CCC6CCCCC6C5)cc4)c(F)ccc32)c1-c1cc(CC(C)C)cc[n+]1C. The van der Waals surface area contributed by atoms with Crippen molar-refractivity contribution in [1.82, 2.24) is 0 Å². The maximum atomic E-state index is 15.7. The lowest BCUT2D eigenvalue weighted by molar-refractivity contribution is -0.660. The highest BCUT2D eigenvalue weighted by Crippen LogP contribution is 2.47. The first-order chi connectivity index (χ1) is 20.4. The summed E-state index contributed by atoms with van der Waals surface area (Å²) in [6.07, 6.45) is 12.8. The van der Waals surface area contributed by atoms with E-state index in [2.05, 4.69) is 87.1 Å². The van der Waals surface area contributed by atoms with Gasteiger partial charge in [0.05, 0.1) is 11.1 Å². The quantitative estimate of drug-likeness (QED) is 0.195. The third-order valence-corrected chi connectivity index (χ3v) is 10.3. The van der Waals surface area contributed by atoms with E-state index in [1.54, 1.807) is 6.07 Å². The fourth-order valence-corrected chi connectivity index (χ4v) is 8.12. The van der Waals surface area contributed by atoms with Crippen LogP contribution in [0.5, 0.6) is 0 Å². The van der Waals surface area contributed by atoms with E-state index in [0.29, 0.717) is 23.0 Å². The molecule has 0 bridgehead atoms. The summed E-state index contributed by atoms with van der Waals surface area (Å²) in [5.74, 6) is 2.81. The maximum Gasteiger partial charge on any atom is 0.216 e. The van der Waals surface area contributed by atoms with Crippen molar-refractivity contribution in [2.24, 2.45) is 24.8 Å². The lowest BCUT2D eigenvalue weighted by Gasteiger charge is -2.39. The zero-order chi connectivity index (χ0) is 29.0. The van der Waals surface area contributed by atoms with Gasteiger partial charge in [0.25, 0.3) is 0 Å². The van der Waals surface area contributed by atoms with Gasteiger partial charge in [-0.05, 0) is 90.7 Å². The van der Waals surface area contributed by atoms with Crippen LogP contribution < -0.4 is 4.57 Å². The van der Waals surface area contributed by atoms with Crippen LogP contribution in [-0.2, 0) is 13.5 Å². The Labute approximate surface area is 249 Å². The molecule has 2 nitrogen and oxygen atoms in total. The van der Waals surface area contributed by atoms with Gasteiger partial charge >= 0.3 is 0 Å². The van der Waals surface area contributed by atoms with Gasteiger partial charge in [-0.25, -0.2) is 8.96 Å². The highest BCUT2D eigenvalue weighted by molar-refractivity contribution is 6.13. The van der Waals surface area contributed by atoms with Crippen LogP contribution in [0.3, 0.4) is 0 Å². The second-order valence-electron chi connectivity index (χ2n) is 13.6. The summed E-state index contributed by atoms with van der Waals surface area (Å²) in [6, 6.07) is 21.0. The molecule has 2 aliphatic carbocycles. The van der Waals surface area contributed by atoms with Crippen molar-refractivity contribution in [2.45, 2.75) is 78.1 Å². The number of rotatable bonds is 5. The van der Waals surface area contributed by atoms with Crippen LogP contribution in [0, 0.1) is 30.5 Å². The second-order valence-corrected chi connectivity index (χ2v) is 13.6. The summed E-state index contributed by atoms with van der Waals surface area (Å²) in [5, 5.41) is 1.99. The Morgan fingerprint density at radius 1 is 0.833 bits per heavy atom. The predicted molar refractivity (Wildman–Crippen MR) is 171 cm³/mol. The molecule has 216 valence electrons. The van der Waals surface area contributed by atoms with E-state index in [1.807, 2.05) is 6.07 Å². The highest BCUT2D eigenvalue weighted by Gasteiger charge is 2.33. The fourth-order valence-electron chi connectivity index (χ4n) is 8.12. The van der Waals surface area contributed by atoms with Crippen LogP contribution >= 0.6 is 0 Å². The van der Waals surface area contributed by atoms with Gasteiger partial charge in [-0.15, -0.1) is 0 Å². The molecule has 3 heteroatoms. The molecule has 42 heavy (non-hydrogen) atoms. The number of halogens is 1. The number of aromatic nitrogens is 1.